The summed E-state index contributed by atoms with van der Waals surface area (Å²) in [6, 6.07) is 7.94. The van der Waals surface area contributed by atoms with Crippen LogP contribution in [0.4, 0.5) is 10.3 Å². The molecule has 0 saturated carbocycles. The molecule has 0 fully saturated rings. The third-order valence-electron chi connectivity index (χ3n) is 2.09. The molecule has 0 aliphatic heterocycles. The van der Waals surface area contributed by atoms with Gasteiger partial charge in [0.25, 0.3) is 0 Å². The van der Waals surface area contributed by atoms with E-state index in [0.29, 0.717) is 16.5 Å². The van der Waals surface area contributed by atoms with Gasteiger partial charge in [-0.2, -0.15) is 0 Å². The molecule has 1 heterocycles. The van der Waals surface area contributed by atoms with Crippen molar-refractivity contribution in [2.45, 2.75) is 11.8 Å². The average Bonchev–Trinajstić information content (AvgIpc) is 2.74. The van der Waals surface area contributed by atoms with Crippen molar-refractivity contribution in [3.8, 4) is 0 Å². The highest BCUT2D eigenvalue weighted by atomic mass is 32.2. The molecule has 0 spiro atoms. The predicted molar refractivity (Wildman–Crippen MR) is 67.0 cm³/mol. The first-order chi connectivity index (χ1) is 8.65. The number of benzene rings is 1. The zero-order valence-electron chi connectivity index (χ0n) is 9.64. The Balaban J connectivity index is 1.87. The van der Waals surface area contributed by atoms with Crippen LogP contribution in [0, 0.1) is 12.7 Å². The van der Waals surface area contributed by atoms with E-state index >= 15 is 0 Å². The Kier molecular flexibility index (Phi) is 3.99. The molecule has 0 unspecified atom stereocenters. The van der Waals surface area contributed by atoms with E-state index in [0.717, 1.165) is 11.8 Å². The van der Waals surface area contributed by atoms with Crippen LogP contribution in [-0.2, 0) is 4.79 Å². The van der Waals surface area contributed by atoms with E-state index in [2.05, 4.69) is 10.5 Å². The average molecular weight is 266 g/mol. The Morgan fingerprint density at radius 1 is 1.50 bits per heavy atom. The van der Waals surface area contributed by atoms with Crippen LogP contribution in [0.3, 0.4) is 0 Å². The number of hydrogen-bond acceptors (Lipinski definition) is 4. The molecule has 4 nitrogen and oxygen atoms in total. The number of amides is 1. The van der Waals surface area contributed by atoms with Crippen molar-refractivity contribution >= 4 is 23.6 Å². The van der Waals surface area contributed by atoms with Gasteiger partial charge in [-0.3, -0.25) is 10.1 Å². The molecular formula is C12H11FN2O2S. The number of aryl methyl sites for hydroxylation is 1. The number of carbonyl (C=O) groups excluding carboxylic acids is 1. The van der Waals surface area contributed by atoms with Crippen LogP contribution in [-0.4, -0.2) is 16.8 Å². The van der Waals surface area contributed by atoms with Gasteiger partial charge in [0.05, 0.1) is 11.4 Å². The largest absolute Gasteiger partial charge is 0.338 e. The second-order valence-corrected chi connectivity index (χ2v) is 4.62. The van der Waals surface area contributed by atoms with E-state index in [-0.39, 0.29) is 17.5 Å². The molecule has 0 saturated heterocycles. The molecule has 0 radical (unpaired) electrons. The number of thioether (sulfide) groups is 1. The van der Waals surface area contributed by atoms with Crippen LogP contribution in [0.5, 0.6) is 0 Å². The van der Waals surface area contributed by atoms with E-state index < -0.39 is 0 Å². The fraction of sp³-hybridized carbons (Fsp3) is 0.167. The van der Waals surface area contributed by atoms with Crippen LogP contribution in [0.15, 0.2) is 39.8 Å². The van der Waals surface area contributed by atoms with Crippen molar-refractivity contribution in [1.29, 1.82) is 0 Å². The number of aromatic nitrogens is 1. The summed E-state index contributed by atoms with van der Waals surface area (Å²) < 4.78 is 18.1. The van der Waals surface area contributed by atoms with E-state index in [1.54, 1.807) is 31.2 Å². The summed E-state index contributed by atoms with van der Waals surface area (Å²) in [5, 5.41) is 6.19. The van der Waals surface area contributed by atoms with Crippen LogP contribution < -0.4 is 5.32 Å². The summed E-state index contributed by atoms with van der Waals surface area (Å²) in [4.78, 5) is 12.0. The smallest absolute Gasteiger partial charge is 0.237 e. The molecule has 0 bridgehead atoms. The van der Waals surface area contributed by atoms with Gasteiger partial charge in [0, 0.05) is 11.0 Å². The van der Waals surface area contributed by atoms with Gasteiger partial charge >= 0.3 is 0 Å². The topological polar surface area (TPSA) is 55.1 Å². The Bertz CT molecular complexity index is 557. The molecule has 2 aromatic rings. The quantitative estimate of drug-likeness (QED) is 0.864. The zero-order chi connectivity index (χ0) is 13.0. The molecule has 1 aromatic heterocycles. The zero-order valence-corrected chi connectivity index (χ0v) is 10.5. The maximum Gasteiger partial charge on any atom is 0.237 e. The van der Waals surface area contributed by atoms with Gasteiger partial charge in [-0.1, -0.05) is 17.3 Å². The van der Waals surface area contributed by atoms with Crippen molar-refractivity contribution in [2.75, 3.05) is 11.1 Å². The highest BCUT2D eigenvalue weighted by Gasteiger charge is 2.08. The van der Waals surface area contributed by atoms with Gasteiger partial charge in [-0.05, 0) is 19.1 Å². The van der Waals surface area contributed by atoms with E-state index in [4.69, 9.17) is 4.52 Å². The normalized spacial score (nSPS) is 10.3. The summed E-state index contributed by atoms with van der Waals surface area (Å²) in [6.07, 6.45) is 0. The predicted octanol–water partition coefficient (Wildman–Crippen LogP) is 2.85. The Morgan fingerprint density at radius 2 is 2.28 bits per heavy atom. The van der Waals surface area contributed by atoms with Crippen molar-refractivity contribution in [2.24, 2.45) is 0 Å². The lowest BCUT2D eigenvalue weighted by Gasteiger charge is -2.02. The first kappa shape index (κ1) is 12.6. The number of hydrogen-bond donors (Lipinski definition) is 1. The van der Waals surface area contributed by atoms with Gasteiger partial charge in [0.1, 0.15) is 5.82 Å². The molecule has 94 valence electrons. The van der Waals surface area contributed by atoms with Crippen LogP contribution in [0.1, 0.15) is 5.69 Å². The van der Waals surface area contributed by atoms with Gasteiger partial charge in [-0.25, -0.2) is 4.39 Å². The minimum Gasteiger partial charge on any atom is -0.338 e. The molecule has 18 heavy (non-hydrogen) atoms. The first-order valence-electron chi connectivity index (χ1n) is 5.25. The van der Waals surface area contributed by atoms with E-state index in [1.165, 1.54) is 6.07 Å². The molecule has 6 heteroatoms. The van der Waals surface area contributed by atoms with Gasteiger partial charge in [0.15, 0.2) is 0 Å². The standard InChI is InChI=1S/C12H11FN2O2S/c1-8-6-12(17-15-8)14-11(16)7-18-10-5-3-2-4-9(10)13/h2-6H,7H2,1H3,(H,14,16). The van der Waals surface area contributed by atoms with E-state index in [9.17, 15) is 9.18 Å². The van der Waals surface area contributed by atoms with Crippen molar-refractivity contribution in [3.63, 3.8) is 0 Å². The molecule has 0 atom stereocenters. The highest BCUT2D eigenvalue weighted by Crippen LogP contribution is 2.21. The monoisotopic (exact) mass is 266 g/mol. The number of halogens is 1. The van der Waals surface area contributed by atoms with Crippen LogP contribution in [0.2, 0.25) is 0 Å². The molecular weight excluding hydrogens is 255 g/mol. The summed E-state index contributed by atoms with van der Waals surface area (Å²) in [7, 11) is 0. The fourth-order valence-electron chi connectivity index (χ4n) is 1.30. The molecule has 1 aromatic carbocycles. The fourth-order valence-corrected chi connectivity index (χ4v) is 2.04. The van der Waals surface area contributed by atoms with Crippen molar-refractivity contribution in [1.82, 2.24) is 5.16 Å². The Morgan fingerprint density at radius 3 is 2.94 bits per heavy atom. The van der Waals surface area contributed by atoms with Crippen LogP contribution in [0.25, 0.3) is 0 Å². The molecule has 1 amide bonds. The minimum absolute atomic E-state index is 0.112. The second-order valence-electron chi connectivity index (χ2n) is 3.60. The highest BCUT2D eigenvalue weighted by molar-refractivity contribution is 8.00. The maximum atomic E-state index is 13.3. The van der Waals surface area contributed by atoms with E-state index in [1.807, 2.05) is 0 Å². The SMILES string of the molecule is Cc1cc(NC(=O)CSc2ccccc2F)on1. The minimum atomic E-state index is -0.328. The summed E-state index contributed by atoms with van der Waals surface area (Å²) in [5.41, 5.74) is 0.687. The third kappa shape index (κ3) is 3.33. The Labute approximate surface area is 108 Å². The van der Waals surface area contributed by atoms with Crippen molar-refractivity contribution in [3.05, 3.63) is 41.8 Å². The number of carbonyl (C=O) groups is 1. The van der Waals surface area contributed by atoms with Crippen LogP contribution >= 0.6 is 11.8 Å². The van der Waals surface area contributed by atoms with Crippen molar-refractivity contribution < 1.29 is 13.7 Å². The number of nitrogens with one attached hydrogen (secondary N) is 1. The lowest BCUT2D eigenvalue weighted by Crippen LogP contribution is -2.13. The lowest BCUT2D eigenvalue weighted by atomic mass is 10.3. The maximum absolute atomic E-state index is 13.3. The summed E-state index contributed by atoms with van der Waals surface area (Å²) in [5.74, 6) is -0.183. The third-order valence-corrected chi connectivity index (χ3v) is 3.13. The Hall–Kier alpha value is -1.82. The molecule has 0 aliphatic carbocycles. The van der Waals surface area contributed by atoms with Gasteiger partial charge in [-0.15, -0.1) is 11.8 Å². The molecule has 1 N–H and O–H groups in total. The molecule has 0 aliphatic rings. The molecule has 2 rings (SSSR count). The lowest BCUT2D eigenvalue weighted by molar-refractivity contribution is -0.113. The summed E-state index contributed by atoms with van der Waals surface area (Å²) >= 11 is 1.13. The van der Waals surface area contributed by atoms with Gasteiger partial charge < -0.3 is 4.52 Å². The van der Waals surface area contributed by atoms with Gasteiger partial charge in [0.2, 0.25) is 11.8 Å². The second kappa shape index (κ2) is 5.68. The number of nitrogens with zero attached hydrogens (tertiary/aromatic N) is 1. The number of rotatable bonds is 4. The first-order valence-corrected chi connectivity index (χ1v) is 6.24. The number of anilines is 1. The summed E-state index contributed by atoms with van der Waals surface area (Å²) in [6.45, 7) is 1.76.